The first-order chi connectivity index (χ1) is 14.7. The molecule has 0 saturated carbocycles. The predicted octanol–water partition coefficient (Wildman–Crippen LogP) is 5.55. The average Bonchev–Trinajstić information content (AvgIpc) is 3.23. The van der Waals surface area contributed by atoms with Gasteiger partial charge in [-0.15, -0.1) is 11.3 Å². The number of aliphatic hydroxyl groups is 1. The summed E-state index contributed by atoms with van der Waals surface area (Å²) in [4.78, 5) is 5.01. The number of hydrogen-bond donors (Lipinski definition) is 1. The number of fused-ring (bicyclic) bond motifs is 2. The summed E-state index contributed by atoms with van der Waals surface area (Å²) >= 11 is 1.72. The van der Waals surface area contributed by atoms with E-state index in [2.05, 4.69) is 88.8 Å². The Kier molecular flexibility index (Phi) is 5.47. The summed E-state index contributed by atoms with van der Waals surface area (Å²) in [7, 11) is 0. The zero-order valence-corrected chi connectivity index (χ0v) is 18.2. The largest absolute Gasteiger partial charge is 0.388 e. The monoisotopic (exact) mass is 416 g/mol. The van der Waals surface area contributed by atoms with E-state index in [1.807, 2.05) is 0 Å². The minimum absolute atomic E-state index is 0.201. The number of anilines is 1. The van der Waals surface area contributed by atoms with Crippen LogP contribution in [0.25, 0.3) is 20.9 Å². The van der Waals surface area contributed by atoms with Crippen molar-refractivity contribution in [3.63, 3.8) is 0 Å². The highest BCUT2D eigenvalue weighted by Crippen LogP contribution is 2.34. The van der Waals surface area contributed by atoms with Crippen molar-refractivity contribution in [3.8, 4) is 0 Å². The molecule has 0 bridgehead atoms. The molecular weight excluding hydrogens is 388 g/mol. The fourth-order valence-electron chi connectivity index (χ4n) is 4.70. The molecule has 4 aromatic rings. The van der Waals surface area contributed by atoms with Crippen LogP contribution in [0.5, 0.6) is 0 Å². The fraction of sp³-hybridized carbons (Fsp3) is 0.308. The second kappa shape index (κ2) is 8.38. The molecule has 1 aromatic heterocycles. The molecule has 3 aromatic carbocycles. The van der Waals surface area contributed by atoms with Gasteiger partial charge in [0.25, 0.3) is 0 Å². The molecule has 5 rings (SSSR count). The molecule has 30 heavy (non-hydrogen) atoms. The molecule has 1 aliphatic rings. The van der Waals surface area contributed by atoms with E-state index in [-0.39, 0.29) is 5.92 Å². The molecule has 2 heterocycles. The van der Waals surface area contributed by atoms with Crippen molar-refractivity contribution < 1.29 is 5.11 Å². The number of thiophene rings is 1. The molecule has 0 amide bonds. The highest BCUT2D eigenvalue weighted by Gasteiger charge is 2.25. The number of benzene rings is 3. The summed E-state index contributed by atoms with van der Waals surface area (Å²) in [5.41, 5.74) is 2.42. The van der Waals surface area contributed by atoms with Crippen molar-refractivity contribution in [3.05, 3.63) is 77.7 Å². The van der Waals surface area contributed by atoms with E-state index in [4.69, 9.17) is 0 Å². The quantitative estimate of drug-likeness (QED) is 0.462. The predicted molar refractivity (Wildman–Crippen MR) is 129 cm³/mol. The van der Waals surface area contributed by atoms with Gasteiger partial charge in [0.05, 0.1) is 6.10 Å². The Morgan fingerprint density at radius 1 is 0.867 bits per heavy atom. The lowest BCUT2D eigenvalue weighted by Gasteiger charge is -2.38. The van der Waals surface area contributed by atoms with Gasteiger partial charge < -0.3 is 10.0 Å². The Hall–Kier alpha value is -2.40. The van der Waals surface area contributed by atoms with Gasteiger partial charge >= 0.3 is 0 Å². The van der Waals surface area contributed by atoms with Gasteiger partial charge in [-0.1, -0.05) is 61.5 Å². The van der Waals surface area contributed by atoms with Crippen LogP contribution in [0.2, 0.25) is 0 Å². The van der Waals surface area contributed by atoms with Crippen LogP contribution in [0.1, 0.15) is 18.6 Å². The van der Waals surface area contributed by atoms with Crippen LogP contribution in [0.4, 0.5) is 5.69 Å². The topological polar surface area (TPSA) is 26.7 Å². The summed E-state index contributed by atoms with van der Waals surface area (Å²) < 4.78 is 1.25. The van der Waals surface area contributed by atoms with Gasteiger partial charge in [0.15, 0.2) is 0 Å². The van der Waals surface area contributed by atoms with Crippen molar-refractivity contribution in [1.29, 1.82) is 0 Å². The number of hydrogen-bond acceptors (Lipinski definition) is 4. The first kappa shape index (κ1) is 19.6. The molecule has 0 spiro atoms. The zero-order chi connectivity index (χ0) is 20.5. The second-order valence-corrected chi connectivity index (χ2v) is 9.31. The molecule has 0 aliphatic carbocycles. The van der Waals surface area contributed by atoms with Gasteiger partial charge in [-0.2, -0.15) is 0 Å². The Balaban J connectivity index is 1.24. The maximum atomic E-state index is 11.0. The van der Waals surface area contributed by atoms with Gasteiger partial charge in [-0.05, 0) is 39.8 Å². The summed E-state index contributed by atoms with van der Waals surface area (Å²) in [6.07, 6.45) is -0.419. The van der Waals surface area contributed by atoms with Crippen molar-refractivity contribution in [2.45, 2.75) is 13.0 Å². The SMILES string of the molecule is CC(CN1CCN(c2cccc3ccccc23)CC1)C(O)c1csc2ccccc12. The Labute approximate surface area is 182 Å². The van der Waals surface area contributed by atoms with Gasteiger partial charge in [-0.25, -0.2) is 0 Å². The highest BCUT2D eigenvalue weighted by molar-refractivity contribution is 7.17. The number of piperazine rings is 1. The van der Waals surface area contributed by atoms with Crippen LogP contribution < -0.4 is 4.90 Å². The third-order valence-corrected chi connectivity index (χ3v) is 7.38. The van der Waals surface area contributed by atoms with Gasteiger partial charge in [-0.3, -0.25) is 4.90 Å². The number of rotatable bonds is 5. The van der Waals surface area contributed by atoms with E-state index in [0.29, 0.717) is 0 Å². The lowest BCUT2D eigenvalue weighted by atomic mass is 9.96. The molecule has 1 saturated heterocycles. The molecule has 4 heteroatoms. The van der Waals surface area contributed by atoms with Crippen LogP contribution in [-0.2, 0) is 0 Å². The molecule has 154 valence electrons. The lowest BCUT2D eigenvalue weighted by molar-refractivity contribution is 0.0876. The summed E-state index contributed by atoms with van der Waals surface area (Å²) in [5, 5.41) is 17.0. The van der Waals surface area contributed by atoms with Crippen molar-refractivity contribution in [2.75, 3.05) is 37.6 Å². The van der Waals surface area contributed by atoms with Crippen molar-refractivity contribution in [2.24, 2.45) is 5.92 Å². The van der Waals surface area contributed by atoms with Crippen LogP contribution in [0.3, 0.4) is 0 Å². The fourth-order valence-corrected chi connectivity index (χ4v) is 5.69. The number of nitrogens with zero attached hydrogens (tertiary/aromatic N) is 2. The molecule has 1 N–H and O–H groups in total. The van der Waals surface area contributed by atoms with Crippen LogP contribution in [0.15, 0.2) is 72.1 Å². The molecule has 2 atom stereocenters. The van der Waals surface area contributed by atoms with E-state index in [0.717, 1.165) is 38.3 Å². The first-order valence-electron chi connectivity index (χ1n) is 10.8. The van der Waals surface area contributed by atoms with E-state index in [9.17, 15) is 5.11 Å². The van der Waals surface area contributed by atoms with Crippen molar-refractivity contribution >= 4 is 37.9 Å². The molecule has 1 fully saturated rings. The number of aliphatic hydroxyl groups excluding tert-OH is 1. The average molecular weight is 417 g/mol. The van der Waals surface area contributed by atoms with Gasteiger partial charge in [0, 0.05) is 48.5 Å². The highest BCUT2D eigenvalue weighted by atomic mass is 32.1. The third-order valence-electron chi connectivity index (χ3n) is 6.39. The molecule has 3 nitrogen and oxygen atoms in total. The Bertz CT molecular complexity index is 1140. The Morgan fingerprint density at radius 3 is 2.40 bits per heavy atom. The minimum Gasteiger partial charge on any atom is -0.388 e. The smallest absolute Gasteiger partial charge is 0.0841 e. The van der Waals surface area contributed by atoms with Crippen LogP contribution >= 0.6 is 11.3 Å². The van der Waals surface area contributed by atoms with Crippen LogP contribution in [-0.4, -0.2) is 42.7 Å². The maximum absolute atomic E-state index is 11.0. The first-order valence-corrected chi connectivity index (χ1v) is 11.7. The van der Waals surface area contributed by atoms with Crippen LogP contribution in [0, 0.1) is 5.92 Å². The standard InChI is InChI=1S/C26H28N2OS/c1-19(26(29)23-18-30-25-12-5-4-10-22(23)25)17-27-13-15-28(16-14-27)24-11-6-8-20-7-2-3-9-21(20)24/h2-12,18-19,26,29H,13-17H2,1H3. The van der Waals surface area contributed by atoms with E-state index in [1.54, 1.807) is 11.3 Å². The van der Waals surface area contributed by atoms with Gasteiger partial charge in [0.2, 0.25) is 0 Å². The molecule has 0 radical (unpaired) electrons. The van der Waals surface area contributed by atoms with E-state index in [1.165, 1.54) is 26.5 Å². The normalized spacial score (nSPS) is 17.5. The summed E-state index contributed by atoms with van der Waals surface area (Å²) in [5.74, 6) is 0.201. The molecule has 2 unspecified atom stereocenters. The second-order valence-electron chi connectivity index (χ2n) is 8.40. The molecular formula is C26H28N2OS. The van der Waals surface area contributed by atoms with E-state index < -0.39 is 6.10 Å². The third kappa shape index (κ3) is 3.71. The summed E-state index contributed by atoms with van der Waals surface area (Å²) in [6.45, 7) is 7.22. The molecule has 1 aliphatic heterocycles. The van der Waals surface area contributed by atoms with Gasteiger partial charge in [0.1, 0.15) is 0 Å². The zero-order valence-electron chi connectivity index (χ0n) is 17.4. The Morgan fingerprint density at radius 2 is 1.57 bits per heavy atom. The van der Waals surface area contributed by atoms with Crippen molar-refractivity contribution in [1.82, 2.24) is 4.90 Å². The lowest BCUT2D eigenvalue weighted by Crippen LogP contribution is -2.48. The maximum Gasteiger partial charge on any atom is 0.0841 e. The summed E-state index contributed by atoms with van der Waals surface area (Å²) in [6, 6.07) is 23.6. The van der Waals surface area contributed by atoms with E-state index >= 15 is 0 Å². The minimum atomic E-state index is -0.419.